The Morgan fingerprint density at radius 2 is 1.81 bits per heavy atom. The van der Waals surface area contributed by atoms with E-state index in [4.69, 9.17) is 23.2 Å². The van der Waals surface area contributed by atoms with E-state index in [2.05, 4.69) is 5.32 Å². The van der Waals surface area contributed by atoms with Crippen LogP contribution in [0.1, 0.15) is 33.6 Å². The molecule has 1 N–H and O–H groups in total. The van der Waals surface area contributed by atoms with Crippen molar-refractivity contribution in [2.24, 2.45) is 0 Å². The molecule has 0 aliphatic carbocycles. The third-order valence-corrected chi connectivity index (χ3v) is 4.59. The lowest BCUT2D eigenvalue weighted by Gasteiger charge is -2.44. The number of carbonyl (C=O) groups is 2. The molecular weight excluding hydrogens is 311 g/mol. The van der Waals surface area contributed by atoms with Gasteiger partial charge in [0.1, 0.15) is 11.6 Å². The Morgan fingerprint density at radius 1 is 1.24 bits per heavy atom. The highest BCUT2D eigenvalue weighted by Gasteiger charge is 2.47. The number of anilines is 1. The van der Waals surface area contributed by atoms with Crippen molar-refractivity contribution < 1.29 is 9.59 Å². The van der Waals surface area contributed by atoms with Crippen molar-refractivity contribution in [3.63, 3.8) is 0 Å². The van der Waals surface area contributed by atoms with Gasteiger partial charge in [-0.05, 0) is 31.9 Å². The quantitative estimate of drug-likeness (QED) is 0.924. The van der Waals surface area contributed by atoms with Crippen LogP contribution in [0.5, 0.6) is 0 Å². The second kappa shape index (κ2) is 5.85. The lowest BCUT2D eigenvalue weighted by atomic mass is 9.90. The number of nitrogens with zero attached hydrogens (tertiary/aromatic N) is 1. The molecule has 4 nitrogen and oxygen atoms in total. The van der Waals surface area contributed by atoms with Crippen molar-refractivity contribution in [2.75, 3.05) is 4.90 Å². The second-order valence-corrected chi connectivity index (χ2v) is 6.16. The summed E-state index contributed by atoms with van der Waals surface area (Å²) in [7, 11) is 0. The predicted molar refractivity (Wildman–Crippen MR) is 84.9 cm³/mol. The van der Waals surface area contributed by atoms with Crippen LogP contribution in [0.3, 0.4) is 0 Å². The zero-order valence-electron chi connectivity index (χ0n) is 12.2. The molecule has 1 aliphatic heterocycles. The highest BCUT2D eigenvalue weighted by Crippen LogP contribution is 2.38. The van der Waals surface area contributed by atoms with Crippen LogP contribution in [-0.4, -0.2) is 23.4 Å². The standard InChI is InChI=1S/C15H18Cl2N2O2/c1-4-11-13(20)18-15(3,5-2)14(21)19(11)12-9(16)7-6-8-10(12)17/h6-8,11H,4-5H2,1-3H3,(H,18,20). The molecule has 6 heteroatoms. The van der Waals surface area contributed by atoms with Crippen molar-refractivity contribution in [1.82, 2.24) is 5.32 Å². The van der Waals surface area contributed by atoms with Gasteiger partial charge < -0.3 is 5.32 Å². The number of hydrogen-bond acceptors (Lipinski definition) is 2. The highest BCUT2D eigenvalue weighted by molar-refractivity contribution is 6.40. The first-order valence-electron chi connectivity index (χ1n) is 6.95. The average molecular weight is 329 g/mol. The Hall–Kier alpha value is -1.26. The molecule has 2 unspecified atom stereocenters. The lowest BCUT2D eigenvalue weighted by molar-refractivity contribution is -0.138. The van der Waals surface area contributed by atoms with Crippen molar-refractivity contribution in [3.8, 4) is 0 Å². The molecule has 0 radical (unpaired) electrons. The summed E-state index contributed by atoms with van der Waals surface area (Å²) >= 11 is 12.4. The molecule has 1 saturated heterocycles. The van der Waals surface area contributed by atoms with Gasteiger partial charge in [0.05, 0.1) is 15.7 Å². The van der Waals surface area contributed by atoms with E-state index in [1.165, 1.54) is 4.90 Å². The molecule has 0 bridgehead atoms. The average Bonchev–Trinajstić information content (AvgIpc) is 2.44. The SMILES string of the molecule is CCC1C(=O)NC(C)(CC)C(=O)N1c1c(Cl)cccc1Cl. The minimum absolute atomic E-state index is 0.183. The summed E-state index contributed by atoms with van der Waals surface area (Å²) in [5.74, 6) is -0.371. The smallest absolute Gasteiger partial charge is 0.253 e. The maximum atomic E-state index is 12.9. The van der Waals surface area contributed by atoms with Crippen molar-refractivity contribution in [3.05, 3.63) is 28.2 Å². The van der Waals surface area contributed by atoms with Gasteiger partial charge in [0.15, 0.2) is 0 Å². The number of carbonyl (C=O) groups excluding carboxylic acids is 2. The van der Waals surface area contributed by atoms with Gasteiger partial charge in [-0.2, -0.15) is 0 Å². The molecular formula is C15H18Cl2N2O2. The van der Waals surface area contributed by atoms with E-state index < -0.39 is 11.6 Å². The number of para-hydroxylation sites is 1. The molecule has 2 atom stereocenters. The predicted octanol–water partition coefficient (Wildman–Crippen LogP) is 3.40. The summed E-state index contributed by atoms with van der Waals surface area (Å²) in [5.41, 5.74) is -0.530. The van der Waals surface area contributed by atoms with E-state index in [1.807, 2.05) is 13.8 Å². The maximum absolute atomic E-state index is 12.9. The fourth-order valence-corrected chi connectivity index (χ4v) is 3.10. The summed E-state index contributed by atoms with van der Waals surface area (Å²) in [6.07, 6.45) is 0.978. The molecule has 0 spiro atoms. The molecule has 114 valence electrons. The Morgan fingerprint density at radius 3 is 2.29 bits per heavy atom. The maximum Gasteiger partial charge on any atom is 0.253 e. The Labute approximate surface area is 134 Å². The van der Waals surface area contributed by atoms with Gasteiger partial charge in [0.25, 0.3) is 5.91 Å². The Bertz CT molecular complexity index is 571. The Kier molecular flexibility index (Phi) is 4.49. The van der Waals surface area contributed by atoms with Crippen LogP contribution in [0.2, 0.25) is 10.0 Å². The molecule has 1 aromatic carbocycles. The molecule has 21 heavy (non-hydrogen) atoms. The van der Waals surface area contributed by atoms with E-state index in [0.717, 1.165) is 0 Å². The number of hydrogen-bond donors (Lipinski definition) is 1. The van der Waals surface area contributed by atoms with Crippen LogP contribution in [0.4, 0.5) is 5.69 Å². The number of benzene rings is 1. The van der Waals surface area contributed by atoms with Gasteiger partial charge in [-0.3, -0.25) is 14.5 Å². The van der Waals surface area contributed by atoms with E-state index in [0.29, 0.717) is 28.6 Å². The van der Waals surface area contributed by atoms with Crippen molar-refractivity contribution in [1.29, 1.82) is 0 Å². The number of amides is 2. The molecule has 1 heterocycles. The van der Waals surface area contributed by atoms with E-state index in [-0.39, 0.29) is 11.8 Å². The number of piperazine rings is 1. The van der Waals surface area contributed by atoms with Crippen LogP contribution in [-0.2, 0) is 9.59 Å². The second-order valence-electron chi connectivity index (χ2n) is 5.34. The van der Waals surface area contributed by atoms with E-state index in [1.54, 1.807) is 25.1 Å². The van der Waals surface area contributed by atoms with E-state index >= 15 is 0 Å². The lowest BCUT2D eigenvalue weighted by Crippen LogP contribution is -2.69. The third kappa shape index (κ3) is 2.62. The summed E-state index contributed by atoms with van der Waals surface area (Å²) in [4.78, 5) is 26.7. The van der Waals surface area contributed by atoms with Crippen LogP contribution >= 0.6 is 23.2 Å². The zero-order chi connectivity index (χ0) is 15.8. The third-order valence-electron chi connectivity index (χ3n) is 3.98. The number of nitrogens with one attached hydrogen (secondary N) is 1. The first-order chi connectivity index (χ1) is 9.85. The van der Waals surface area contributed by atoms with Crippen LogP contribution < -0.4 is 10.2 Å². The Balaban J connectivity index is 2.61. The minimum Gasteiger partial charge on any atom is -0.340 e. The van der Waals surface area contributed by atoms with Gasteiger partial charge in [-0.25, -0.2) is 0 Å². The monoisotopic (exact) mass is 328 g/mol. The highest BCUT2D eigenvalue weighted by atomic mass is 35.5. The number of halogens is 2. The molecule has 2 rings (SSSR count). The summed E-state index contributed by atoms with van der Waals surface area (Å²) in [6.45, 7) is 5.43. The molecule has 1 aromatic rings. The van der Waals surface area contributed by atoms with Crippen molar-refractivity contribution >= 4 is 40.7 Å². The zero-order valence-corrected chi connectivity index (χ0v) is 13.8. The largest absolute Gasteiger partial charge is 0.340 e. The van der Waals surface area contributed by atoms with Gasteiger partial charge in [-0.15, -0.1) is 0 Å². The molecule has 1 aliphatic rings. The molecule has 0 saturated carbocycles. The summed E-state index contributed by atoms with van der Waals surface area (Å²) in [6, 6.07) is 4.44. The first kappa shape index (κ1) is 16.1. The minimum atomic E-state index is -0.939. The van der Waals surface area contributed by atoms with Gasteiger partial charge in [0.2, 0.25) is 5.91 Å². The van der Waals surface area contributed by atoms with Crippen LogP contribution in [0.15, 0.2) is 18.2 Å². The topological polar surface area (TPSA) is 49.4 Å². The van der Waals surface area contributed by atoms with Gasteiger partial charge >= 0.3 is 0 Å². The van der Waals surface area contributed by atoms with Crippen molar-refractivity contribution in [2.45, 2.75) is 45.2 Å². The summed E-state index contributed by atoms with van der Waals surface area (Å²) in [5, 5.41) is 3.54. The van der Waals surface area contributed by atoms with E-state index in [9.17, 15) is 9.59 Å². The molecule has 2 amide bonds. The van der Waals surface area contributed by atoms with Crippen LogP contribution in [0, 0.1) is 0 Å². The summed E-state index contributed by atoms with van der Waals surface area (Å²) < 4.78 is 0. The number of rotatable bonds is 3. The van der Waals surface area contributed by atoms with Crippen LogP contribution in [0.25, 0.3) is 0 Å². The fraction of sp³-hybridized carbons (Fsp3) is 0.467. The molecule has 1 fully saturated rings. The fourth-order valence-electron chi connectivity index (χ4n) is 2.52. The molecule has 0 aromatic heterocycles. The normalized spacial score (nSPS) is 26.0. The van der Waals surface area contributed by atoms with Gasteiger partial charge in [-0.1, -0.05) is 43.1 Å². The first-order valence-corrected chi connectivity index (χ1v) is 7.71. The van der Waals surface area contributed by atoms with Gasteiger partial charge in [0, 0.05) is 0 Å².